The molecule has 1 aliphatic heterocycles. The number of fused-ring (bicyclic) bond motifs is 1. The van der Waals surface area contributed by atoms with Crippen molar-refractivity contribution in [3.63, 3.8) is 0 Å². The monoisotopic (exact) mass is 345 g/mol. The lowest BCUT2D eigenvalue weighted by Gasteiger charge is -2.24. The first kappa shape index (κ1) is 17.7. The lowest BCUT2D eigenvalue weighted by Crippen LogP contribution is -2.34. The van der Waals surface area contributed by atoms with Crippen LogP contribution in [0.4, 0.5) is 4.79 Å². The predicted octanol–water partition coefficient (Wildman–Crippen LogP) is 0.827. The number of sulfone groups is 1. The Hall–Kier alpha value is -1.61. The van der Waals surface area contributed by atoms with Crippen LogP contribution in [0.5, 0.6) is 0 Å². The summed E-state index contributed by atoms with van der Waals surface area (Å²) in [6.07, 6.45) is -0.274. The zero-order chi connectivity index (χ0) is 17.4. The van der Waals surface area contributed by atoms with Crippen molar-refractivity contribution >= 4 is 15.9 Å². The second-order valence-corrected chi connectivity index (χ2v) is 8.58. The first-order valence-electron chi connectivity index (χ1n) is 7.41. The number of amides is 1. The van der Waals surface area contributed by atoms with E-state index in [1.54, 1.807) is 27.8 Å². The molecule has 1 N–H and O–H groups in total. The number of carbonyl (C=O) groups is 1. The third-order valence-electron chi connectivity index (χ3n) is 3.44. The molecule has 0 saturated heterocycles. The van der Waals surface area contributed by atoms with Gasteiger partial charge in [-0.25, -0.2) is 18.2 Å². The lowest BCUT2D eigenvalue weighted by atomic mass is 10.2. The predicted molar refractivity (Wildman–Crippen MR) is 82.4 cm³/mol. The fourth-order valence-electron chi connectivity index (χ4n) is 2.39. The van der Waals surface area contributed by atoms with Gasteiger partial charge in [0.25, 0.3) is 0 Å². The quantitative estimate of drug-likeness (QED) is 0.867. The summed E-state index contributed by atoms with van der Waals surface area (Å²) in [4.78, 5) is 17.8. The van der Waals surface area contributed by atoms with Gasteiger partial charge in [0, 0.05) is 13.7 Å². The topological polar surface area (TPSA) is 102 Å². The Morgan fingerprint density at radius 3 is 2.52 bits per heavy atom. The molecule has 2 heterocycles. The number of nitrogens with zero attached hydrogens (tertiary/aromatic N) is 3. The minimum Gasteiger partial charge on any atom is -0.444 e. The van der Waals surface area contributed by atoms with E-state index in [9.17, 15) is 13.2 Å². The van der Waals surface area contributed by atoms with Gasteiger partial charge in [0.2, 0.25) is 15.0 Å². The van der Waals surface area contributed by atoms with Gasteiger partial charge in [-0.3, -0.25) is 4.90 Å². The molecule has 0 unspecified atom stereocenters. The molecular formula is C14H23N3O5S. The van der Waals surface area contributed by atoms with E-state index in [2.05, 4.69) is 4.98 Å². The molecule has 0 aliphatic carbocycles. The first-order valence-corrected chi connectivity index (χ1v) is 9.06. The highest BCUT2D eigenvalue weighted by Crippen LogP contribution is 2.26. The van der Waals surface area contributed by atoms with Crippen LogP contribution in [-0.2, 0) is 34.7 Å². The van der Waals surface area contributed by atoms with E-state index in [0.717, 1.165) is 0 Å². The summed E-state index contributed by atoms with van der Waals surface area (Å²) in [6, 6.07) is 0. The lowest BCUT2D eigenvalue weighted by molar-refractivity contribution is 0.0237. The highest BCUT2D eigenvalue weighted by molar-refractivity contribution is 7.91. The number of imidazole rings is 1. The molecule has 0 saturated carbocycles. The van der Waals surface area contributed by atoms with E-state index in [1.807, 2.05) is 0 Å². The van der Waals surface area contributed by atoms with Crippen LogP contribution >= 0.6 is 0 Å². The Kier molecular flexibility index (Phi) is 4.72. The molecule has 2 rings (SSSR count). The Morgan fingerprint density at radius 1 is 1.35 bits per heavy atom. The number of hydrogen-bond donors (Lipinski definition) is 1. The maximum absolute atomic E-state index is 12.2. The van der Waals surface area contributed by atoms with Crippen LogP contribution < -0.4 is 0 Å². The van der Waals surface area contributed by atoms with Crippen molar-refractivity contribution in [1.29, 1.82) is 0 Å². The van der Waals surface area contributed by atoms with Gasteiger partial charge in [-0.05, 0) is 27.2 Å². The minimum atomic E-state index is -3.54. The Balaban J connectivity index is 2.17. The largest absolute Gasteiger partial charge is 0.444 e. The van der Waals surface area contributed by atoms with Crippen LogP contribution in [0.25, 0.3) is 0 Å². The number of carbonyl (C=O) groups excluding carboxylic acids is 1. The minimum absolute atomic E-state index is 0.0141. The third-order valence-corrected chi connectivity index (χ3v) is 5.19. The summed E-state index contributed by atoms with van der Waals surface area (Å²) in [5, 5.41) is 8.79. The number of aromatic nitrogens is 2. The molecule has 9 heteroatoms. The molecule has 130 valence electrons. The van der Waals surface area contributed by atoms with Crippen molar-refractivity contribution in [3.05, 3.63) is 11.4 Å². The van der Waals surface area contributed by atoms with E-state index in [1.165, 1.54) is 9.47 Å². The molecule has 0 radical (unpaired) electrons. The second kappa shape index (κ2) is 6.12. The average Bonchev–Trinajstić information content (AvgIpc) is 2.95. The van der Waals surface area contributed by atoms with E-state index < -0.39 is 21.5 Å². The van der Waals surface area contributed by atoms with Gasteiger partial charge in [0.05, 0.1) is 30.2 Å². The van der Waals surface area contributed by atoms with E-state index in [-0.39, 0.29) is 37.0 Å². The highest BCUT2D eigenvalue weighted by atomic mass is 32.2. The highest BCUT2D eigenvalue weighted by Gasteiger charge is 2.34. The van der Waals surface area contributed by atoms with Crippen molar-refractivity contribution in [3.8, 4) is 0 Å². The van der Waals surface area contributed by atoms with Crippen molar-refractivity contribution in [2.75, 3.05) is 12.4 Å². The zero-order valence-corrected chi connectivity index (χ0v) is 14.7. The van der Waals surface area contributed by atoms with Crippen molar-refractivity contribution in [2.24, 2.45) is 7.05 Å². The fraction of sp³-hybridized carbons (Fsp3) is 0.714. The molecule has 1 aliphatic rings. The SMILES string of the molecule is Cn1c(S(=O)(=O)CCCO)nc2c1CN(C(=O)OC(C)(C)C)C2. The van der Waals surface area contributed by atoms with Gasteiger partial charge < -0.3 is 14.4 Å². The van der Waals surface area contributed by atoms with E-state index >= 15 is 0 Å². The number of aliphatic hydroxyl groups is 1. The maximum Gasteiger partial charge on any atom is 0.410 e. The molecule has 8 nitrogen and oxygen atoms in total. The van der Waals surface area contributed by atoms with Gasteiger partial charge in [-0.2, -0.15) is 0 Å². The molecule has 1 aromatic heterocycles. The average molecular weight is 345 g/mol. The van der Waals surface area contributed by atoms with Crippen molar-refractivity contribution in [2.45, 2.75) is 51.0 Å². The smallest absolute Gasteiger partial charge is 0.410 e. The van der Waals surface area contributed by atoms with Crippen LogP contribution in [0.1, 0.15) is 38.6 Å². The third kappa shape index (κ3) is 3.84. The number of ether oxygens (including phenoxy) is 1. The van der Waals surface area contributed by atoms with Gasteiger partial charge in [0.15, 0.2) is 0 Å². The molecule has 0 bridgehead atoms. The summed E-state index contributed by atoms with van der Waals surface area (Å²) >= 11 is 0. The summed E-state index contributed by atoms with van der Waals surface area (Å²) in [6.45, 7) is 5.68. The second-order valence-electron chi connectivity index (χ2n) is 6.58. The summed E-state index contributed by atoms with van der Waals surface area (Å²) in [5.41, 5.74) is 0.678. The molecule has 0 spiro atoms. The molecule has 0 atom stereocenters. The fourth-order valence-corrected chi connectivity index (χ4v) is 3.85. The Bertz CT molecular complexity index is 703. The van der Waals surface area contributed by atoms with Crippen LogP contribution in [-0.4, -0.2) is 52.0 Å². The van der Waals surface area contributed by atoms with E-state index in [0.29, 0.717) is 11.4 Å². The van der Waals surface area contributed by atoms with Crippen LogP contribution in [0.15, 0.2) is 5.16 Å². The molecule has 1 aromatic rings. The summed E-state index contributed by atoms with van der Waals surface area (Å²) in [7, 11) is -1.92. The standard InChI is InChI=1S/C14H23N3O5S/c1-14(2,3)22-13(19)17-8-10-11(9-17)16(4)12(15-10)23(20,21)7-5-6-18/h18H,5-9H2,1-4H3. The van der Waals surface area contributed by atoms with Crippen LogP contribution in [0.2, 0.25) is 0 Å². The summed E-state index contributed by atoms with van der Waals surface area (Å²) < 4.78 is 31.3. The molecule has 0 aromatic carbocycles. The van der Waals surface area contributed by atoms with Gasteiger partial charge in [0.1, 0.15) is 5.60 Å². The number of aliphatic hydroxyl groups excluding tert-OH is 1. The molecule has 0 fully saturated rings. The van der Waals surface area contributed by atoms with Crippen molar-refractivity contribution in [1.82, 2.24) is 14.5 Å². The van der Waals surface area contributed by atoms with Crippen LogP contribution in [0.3, 0.4) is 0 Å². The Morgan fingerprint density at radius 2 is 2.00 bits per heavy atom. The van der Waals surface area contributed by atoms with Gasteiger partial charge >= 0.3 is 6.09 Å². The maximum atomic E-state index is 12.2. The molecule has 23 heavy (non-hydrogen) atoms. The first-order chi connectivity index (χ1) is 10.5. The van der Waals surface area contributed by atoms with Gasteiger partial charge in [-0.15, -0.1) is 0 Å². The molecule has 1 amide bonds. The number of rotatable bonds is 4. The molecular weight excluding hydrogens is 322 g/mol. The summed E-state index contributed by atoms with van der Waals surface area (Å²) in [5.74, 6) is -0.150. The Labute approximate surface area is 136 Å². The van der Waals surface area contributed by atoms with Gasteiger partial charge in [-0.1, -0.05) is 0 Å². The normalized spacial score (nSPS) is 14.9. The van der Waals surface area contributed by atoms with Crippen molar-refractivity contribution < 1.29 is 23.1 Å². The van der Waals surface area contributed by atoms with E-state index in [4.69, 9.17) is 9.84 Å². The number of hydrogen-bond acceptors (Lipinski definition) is 6. The van der Waals surface area contributed by atoms with Crippen LogP contribution in [0, 0.1) is 0 Å². The zero-order valence-electron chi connectivity index (χ0n) is 13.9.